The van der Waals surface area contributed by atoms with E-state index in [0.717, 1.165) is 91.2 Å². The molecule has 0 amide bonds. The Hall–Kier alpha value is -7.38. The third-order valence-electron chi connectivity index (χ3n) is 14.1. The normalized spacial score (nSPS) is 17.6. The van der Waals surface area contributed by atoms with Crippen molar-refractivity contribution < 1.29 is 47.9 Å². The molecule has 0 bridgehead atoms. The van der Waals surface area contributed by atoms with E-state index in [1.54, 1.807) is 49.1 Å². The summed E-state index contributed by atoms with van der Waals surface area (Å²) in [6.45, 7) is 19.0. The van der Waals surface area contributed by atoms with Crippen molar-refractivity contribution in [2.45, 2.75) is 148 Å². The molecule has 6 aromatic rings. The molecule has 428 valence electrons. The SMILES string of the molecule is CC(C)c1nc2c(c(-c3ccc(F)cc3)c1/C=C/[C@@H](O)C[C@@H](O)CC(=O)O)CCN(C)c1nccnc1-2.CC(C)c1nc2c(c(-c3ccc(F)cc3)c1/C=C/[C@@H]1C[C@H](CC(=O)OC(C)(C)C)OC(C)(C)O1)CCN(C)c1nccnc1-2. The third-order valence-corrected chi connectivity index (χ3v) is 14.1. The Balaban J connectivity index is 0.000000216. The molecule has 4 atom stereocenters. The van der Waals surface area contributed by atoms with Crippen LogP contribution in [-0.4, -0.2) is 120 Å². The van der Waals surface area contributed by atoms with Gasteiger partial charge in [-0.25, -0.2) is 38.7 Å². The van der Waals surface area contributed by atoms with Gasteiger partial charge in [-0.15, -0.1) is 0 Å². The molecule has 0 radical (unpaired) electrons. The largest absolute Gasteiger partial charge is 0.481 e. The summed E-state index contributed by atoms with van der Waals surface area (Å²) in [5, 5.41) is 29.4. The zero-order valence-electron chi connectivity index (χ0n) is 48.1. The van der Waals surface area contributed by atoms with Crippen molar-refractivity contribution in [1.82, 2.24) is 29.9 Å². The standard InChI is InChI=1S/C35H43FN4O4.C28H31FN4O4/c1-21(2)30-26(14-13-24-19-25(43-35(6,7)42-24)20-28(41)44-34(3,4)5)29(22-9-11-23(36)12-10-22)27-15-18-40(8)33-32(31(27)39-30)37-16-17-38-33;1-16(2)25-21(9-8-19(34)14-20(35)15-23(36)37)24(17-4-6-18(29)7-5-17)22-10-13-33(3)28-27(26(22)32-25)30-11-12-31-28/h9-14,16-17,21,24-25H,15,18-20H2,1-8H3;4-9,11-12,16,19-20,34-35H,10,13-15H2,1-3H3,(H,36,37)/b14-13+;9-8+/t24-,25-;19-,20-/m11/s1. The van der Waals surface area contributed by atoms with Crippen LogP contribution in [-0.2, 0) is 36.6 Å². The number of hydrogen-bond acceptors (Lipinski definition) is 15. The Bertz CT molecular complexity index is 3290. The summed E-state index contributed by atoms with van der Waals surface area (Å²) < 4.78 is 46.0. The van der Waals surface area contributed by atoms with Crippen molar-refractivity contribution in [2.75, 3.05) is 37.0 Å². The molecule has 0 spiro atoms. The first-order valence-electron chi connectivity index (χ1n) is 27.6. The molecule has 1 saturated heterocycles. The van der Waals surface area contributed by atoms with E-state index < -0.39 is 36.0 Å². The minimum Gasteiger partial charge on any atom is -0.481 e. The zero-order chi connectivity index (χ0) is 58.5. The fourth-order valence-corrected chi connectivity index (χ4v) is 10.6. The van der Waals surface area contributed by atoms with Crippen molar-refractivity contribution in [2.24, 2.45) is 0 Å². The van der Waals surface area contributed by atoms with Crippen LogP contribution in [0.4, 0.5) is 20.4 Å². The maximum absolute atomic E-state index is 14.1. The number of carboxylic acids is 1. The molecule has 18 heteroatoms. The number of likely N-dealkylation sites (N-methyl/N-ethyl adjacent to an activating group) is 2. The van der Waals surface area contributed by atoms with Gasteiger partial charge in [-0.3, -0.25) is 9.59 Å². The number of anilines is 2. The second-order valence-electron chi connectivity index (χ2n) is 22.9. The Morgan fingerprint density at radius 1 is 0.728 bits per heavy atom. The highest BCUT2D eigenvalue weighted by molar-refractivity contribution is 5.88. The van der Waals surface area contributed by atoms with Crippen molar-refractivity contribution >= 4 is 35.7 Å². The zero-order valence-corrected chi connectivity index (χ0v) is 48.1. The highest BCUT2D eigenvalue weighted by atomic mass is 19.1. The van der Waals surface area contributed by atoms with Crippen molar-refractivity contribution in [3.63, 3.8) is 0 Å². The number of carboxylic acid groups (broad SMARTS) is 1. The third kappa shape index (κ3) is 14.6. The molecule has 1 fully saturated rings. The molecular weight excluding hydrogens is 1030 g/mol. The number of ether oxygens (including phenoxy) is 3. The monoisotopic (exact) mass is 1110 g/mol. The van der Waals surface area contributed by atoms with Crippen LogP contribution in [0.2, 0.25) is 0 Å². The second kappa shape index (κ2) is 25.2. The fourth-order valence-electron chi connectivity index (χ4n) is 10.6. The molecule has 3 N–H and O–H groups in total. The average Bonchev–Trinajstić information content (AvgIpc) is 3.47. The predicted molar refractivity (Wildman–Crippen MR) is 309 cm³/mol. The number of carbonyl (C=O) groups is 2. The van der Waals surface area contributed by atoms with Crippen LogP contribution in [0.5, 0.6) is 0 Å². The minimum absolute atomic E-state index is 0.00000373. The summed E-state index contributed by atoms with van der Waals surface area (Å²) in [5.74, 6) is -1.36. The van der Waals surface area contributed by atoms with Gasteiger partial charge < -0.3 is 39.3 Å². The molecule has 3 aliphatic heterocycles. The number of hydrogen-bond donors (Lipinski definition) is 3. The Morgan fingerprint density at radius 2 is 1.20 bits per heavy atom. The Labute approximate surface area is 473 Å². The van der Waals surface area contributed by atoms with E-state index >= 15 is 0 Å². The summed E-state index contributed by atoms with van der Waals surface area (Å²) in [7, 11) is 3.97. The van der Waals surface area contributed by atoms with Gasteiger partial charge in [-0.1, -0.05) is 76.3 Å². The number of fused-ring (bicyclic) bond motifs is 6. The molecule has 0 unspecified atom stereocenters. The highest BCUT2D eigenvalue weighted by Gasteiger charge is 2.37. The van der Waals surface area contributed by atoms with E-state index in [2.05, 4.69) is 39.8 Å². The maximum atomic E-state index is 14.1. The molecule has 7 heterocycles. The first-order valence-corrected chi connectivity index (χ1v) is 27.6. The number of rotatable bonds is 14. The highest BCUT2D eigenvalue weighted by Crippen LogP contribution is 2.44. The maximum Gasteiger partial charge on any atom is 0.308 e. The van der Waals surface area contributed by atoms with Gasteiger partial charge >= 0.3 is 11.9 Å². The lowest BCUT2D eigenvalue weighted by Crippen LogP contribution is -2.45. The van der Waals surface area contributed by atoms with Crippen LogP contribution in [0.3, 0.4) is 0 Å². The molecule has 16 nitrogen and oxygen atoms in total. The average molecular weight is 1110 g/mol. The van der Waals surface area contributed by atoms with Crippen LogP contribution >= 0.6 is 0 Å². The smallest absolute Gasteiger partial charge is 0.308 e. The molecule has 81 heavy (non-hydrogen) atoms. The molecule has 3 aliphatic rings. The molecule has 9 rings (SSSR count). The van der Waals surface area contributed by atoms with Gasteiger partial charge in [0.1, 0.15) is 28.6 Å². The summed E-state index contributed by atoms with van der Waals surface area (Å²) in [6.07, 6.45) is 12.6. The first kappa shape index (κ1) is 59.7. The Morgan fingerprint density at radius 3 is 1.65 bits per heavy atom. The van der Waals surface area contributed by atoms with Gasteiger partial charge in [0.05, 0.1) is 60.0 Å². The van der Waals surface area contributed by atoms with Crippen molar-refractivity contribution in [3.05, 3.63) is 131 Å². The topological polar surface area (TPSA) is 206 Å². The number of aromatic nitrogens is 6. The van der Waals surface area contributed by atoms with E-state index in [-0.39, 0.29) is 54.5 Å². The lowest BCUT2D eigenvalue weighted by molar-refractivity contribution is -0.290. The van der Waals surface area contributed by atoms with E-state index in [4.69, 9.17) is 34.3 Å². The quantitative estimate of drug-likeness (QED) is 0.0867. The van der Waals surface area contributed by atoms with Gasteiger partial charge in [0, 0.05) is 75.9 Å². The number of pyridine rings is 2. The van der Waals surface area contributed by atoms with Gasteiger partial charge in [0.25, 0.3) is 0 Å². The van der Waals surface area contributed by atoms with Crippen LogP contribution in [0.25, 0.3) is 57.2 Å². The molecule has 4 aromatic heterocycles. The van der Waals surface area contributed by atoms with Gasteiger partial charge in [-0.05, 0) is 117 Å². The van der Waals surface area contributed by atoms with E-state index in [0.29, 0.717) is 31.5 Å². The minimum atomic E-state index is -1.17. The summed E-state index contributed by atoms with van der Waals surface area (Å²) >= 11 is 0. The lowest BCUT2D eigenvalue weighted by atomic mass is 9.87. The van der Waals surface area contributed by atoms with Crippen LogP contribution in [0.15, 0.2) is 85.5 Å². The van der Waals surface area contributed by atoms with E-state index in [9.17, 15) is 28.6 Å². The number of esters is 1. The molecule has 0 aliphatic carbocycles. The van der Waals surface area contributed by atoms with Gasteiger partial charge in [0.2, 0.25) is 0 Å². The van der Waals surface area contributed by atoms with Crippen molar-refractivity contribution in [3.8, 4) is 45.0 Å². The number of aliphatic hydroxyl groups excluding tert-OH is 2. The Kier molecular flexibility index (Phi) is 18.6. The molecular formula is C63H74F2N8O8. The second-order valence-corrected chi connectivity index (χ2v) is 22.9. The van der Waals surface area contributed by atoms with Crippen molar-refractivity contribution in [1.29, 1.82) is 0 Å². The number of aliphatic carboxylic acids is 1. The molecule has 2 aromatic carbocycles. The van der Waals surface area contributed by atoms with Gasteiger partial charge in [-0.2, -0.15) is 0 Å². The number of nitrogens with zero attached hydrogens (tertiary/aromatic N) is 8. The van der Waals surface area contributed by atoms with Crippen LogP contribution in [0.1, 0.15) is 133 Å². The van der Waals surface area contributed by atoms with Crippen LogP contribution in [0, 0.1) is 11.6 Å². The number of halogens is 2. The number of carbonyl (C=O) groups excluding carboxylic acids is 1. The fraction of sp³-hybridized carbons (Fsp3) is 0.429. The first-order chi connectivity index (χ1) is 38.4. The summed E-state index contributed by atoms with van der Waals surface area (Å²) in [5.41, 5.74) is 11.3. The lowest BCUT2D eigenvalue weighted by Gasteiger charge is -2.39. The summed E-state index contributed by atoms with van der Waals surface area (Å²) in [4.78, 5) is 56.5. The molecule has 0 saturated carbocycles. The number of benzene rings is 2. The number of aliphatic hydroxyl groups is 2. The predicted octanol–water partition coefficient (Wildman–Crippen LogP) is 11.2. The van der Waals surface area contributed by atoms with Gasteiger partial charge in [0.15, 0.2) is 17.4 Å². The summed E-state index contributed by atoms with van der Waals surface area (Å²) in [6, 6.07) is 12.9. The van der Waals surface area contributed by atoms with E-state index in [1.165, 1.54) is 24.3 Å². The van der Waals surface area contributed by atoms with E-state index in [1.807, 2.05) is 85.7 Å². The van der Waals surface area contributed by atoms with Crippen LogP contribution < -0.4 is 9.80 Å².